The molecule has 3 aromatic rings. The van der Waals surface area contributed by atoms with Crippen LogP contribution in [0.4, 0.5) is 5.82 Å². The topological polar surface area (TPSA) is 85.8 Å². The highest BCUT2D eigenvalue weighted by molar-refractivity contribution is 7.98. The SMILES string of the molecule is COc1ccc(CCN(C)c2nc(SCc3ccc(C(=O)NC[C@H]4CCCO4)cc3)nc(C)c2C)cc1OC. The first-order valence-corrected chi connectivity index (χ1v) is 14.2. The number of thioether (sulfide) groups is 1. The number of aryl methyl sites for hydroxylation is 1. The van der Waals surface area contributed by atoms with Crippen molar-refractivity contribution in [1.82, 2.24) is 15.3 Å². The van der Waals surface area contributed by atoms with E-state index in [0.29, 0.717) is 12.1 Å². The fourth-order valence-corrected chi connectivity index (χ4v) is 5.32. The molecular formula is C30H38N4O4S. The Morgan fingerprint density at radius 3 is 2.51 bits per heavy atom. The van der Waals surface area contributed by atoms with Gasteiger partial charge in [-0.3, -0.25) is 4.79 Å². The second-order valence-electron chi connectivity index (χ2n) is 9.73. The average molecular weight is 551 g/mol. The molecule has 1 N–H and O–H groups in total. The van der Waals surface area contributed by atoms with Crippen LogP contribution in [0.15, 0.2) is 47.6 Å². The molecule has 1 aliphatic rings. The van der Waals surface area contributed by atoms with E-state index in [9.17, 15) is 4.79 Å². The van der Waals surface area contributed by atoms with Crippen LogP contribution in [0.1, 0.15) is 45.6 Å². The molecule has 2 aromatic carbocycles. The minimum atomic E-state index is -0.0667. The van der Waals surface area contributed by atoms with Crippen molar-refractivity contribution in [2.75, 3.05) is 45.9 Å². The summed E-state index contributed by atoms with van der Waals surface area (Å²) < 4.78 is 16.4. The molecule has 0 aliphatic carbocycles. The number of carbonyl (C=O) groups is 1. The van der Waals surface area contributed by atoms with Gasteiger partial charge in [-0.2, -0.15) is 0 Å². The number of anilines is 1. The van der Waals surface area contributed by atoms with Crippen LogP contribution < -0.4 is 19.7 Å². The van der Waals surface area contributed by atoms with Gasteiger partial charge >= 0.3 is 0 Å². The molecule has 1 saturated heterocycles. The Bertz CT molecular complexity index is 1260. The van der Waals surface area contributed by atoms with Crippen molar-refractivity contribution in [3.63, 3.8) is 0 Å². The van der Waals surface area contributed by atoms with Crippen molar-refractivity contribution in [2.45, 2.75) is 50.1 Å². The molecule has 0 unspecified atom stereocenters. The van der Waals surface area contributed by atoms with Crippen molar-refractivity contribution >= 4 is 23.5 Å². The van der Waals surface area contributed by atoms with Gasteiger partial charge in [0.2, 0.25) is 0 Å². The fraction of sp³-hybridized carbons (Fsp3) is 0.433. The molecule has 0 spiro atoms. The molecule has 0 radical (unpaired) electrons. The van der Waals surface area contributed by atoms with Gasteiger partial charge in [0.25, 0.3) is 5.91 Å². The van der Waals surface area contributed by atoms with Crippen LogP contribution in [-0.2, 0) is 16.9 Å². The predicted molar refractivity (Wildman–Crippen MR) is 155 cm³/mol. The van der Waals surface area contributed by atoms with Gasteiger partial charge in [0.1, 0.15) is 5.82 Å². The maximum absolute atomic E-state index is 12.5. The molecule has 1 aromatic heterocycles. The number of benzene rings is 2. The van der Waals surface area contributed by atoms with Crippen molar-refractivity contribution in [2.24, 2.45) is 0 Å². The number of ether oxygens (including phenoxy) is 3. The molecule has 2 heterocycles. The summed E-state index contributed by atoms with van der Waals surface area (Å²) in [6.07, 6.45) is 3.05. The zero-order valence-corrected chi connectivity index (χ0v) is 24.3. The highest BCUT2D eigenvalue weighted by Gasteiger charge is 2.17. The molecule has 0 saturated carbocycles. The van der Waals surface area contributed by atoms with E-state index in [1.807, 2.05) is 43.3 Å². The van der Waals surface area contributed by atoms with Crippen molar-refractivity contribution in [1.29, 1.82) is 0 Å². The number of hydrogen-bond donors (Lipinski definition) is 1. The summed E-state index contributed by atoms with van der Waals surface area (Å²) in [4.78, 5) is 24.2. The normalized spacial score (nSPS) is 14.7. The Hall–Kier alpha value is -3.30. The Morgan fingerprint density at radius 2 is 1.82 bits per heavy atom. The molecular weight excluding hydrogens is 512 g/mol. The third-order valence-electron chi connectivity index (χ3n) is 6.99. The fourth-order valence-electron chi connectivity index (χ4n) is 4.48. The quantitative estimate of drug-likeness (QED) is 0.249. The number of nitrogens with one attached hydrogen (secondary N) is 1. The van der Waals surface area contributed by atoms with Crippen molar-refractivity contribution < 1.29 is 19.0 Å². The van der Waals surface area contributed by atoms with Crippen LogP contribution in [0, 0.1) is 13.8 Å². The maximum Gasteiger partial charge on any atom is 0.251 e. The Kier molecular flexibility index (Phi) is 10.1. The zero-order chi connectivity index (χ0) is 27.8. The summed E-state index contributed by atoms with van der Waals surface area (Å²) in [5, 5.41) is 3.71. The lowest BCUT2D eigenvalue weighted by molar-refractivity contribution is 0.0858. The number of likely N-dealkylation sites (N-methyl/N-ethyl adjacent to an activating group) is 1. The predicted octanol–water partition coefficient (Wildman–Crippen LogP) is 4.99. The lowest BCUT2D eigenvalue weighted by Gasteiger charge is -2.22. The van der Waals surface area contributed by atoms with Gasteiger partial charge in [0, 0.05) is 49.3 Å². The number of amides is 1. The van der Waals surface area contributed by atoms with Crippen LogP contribution >= 0.6 is 11.8 Å². The van der Waals surface area contributed by atoms with Gasteiger partial charge in [-0.15, -0.1) is 0 Å². The molecule has 0 bridgehead atoms. The number of methoxy groups -OCH3 is 2. The molecule has 9 heteroatoms. The van der Waals surface area contributed by atoms with E-state index in [0.717, 1.165) is 77.5 Å². The number of nitrogens with zero attached hydrogens (tertiary/aromatic N) is 3. The van der Waals surface area contributed by atoms with Gasteiger partial charge < -0.3 is 24.4 Å². The van der Waals surface area contributed by atoms with E-state index in [-0.39, 0.29) is 12.0 Å². The van der Waals surface area contributed by atoms with Crippen molar-refractivity contribution in [3.05, 3.63) is 70.4 Å². The minimum Gasteiger partial charge on any atom is -0.493 e. The standard InChI is InChI=1S/C30H38N4O4S/c1-20-21(2)32-30(33-28(20)34(3)15-14-22-10-13-26(36-4)27(17-22)37-5)39-19-23-8-11-24(12-9-23)29(35)31-18-25-7-6-16-38-25/h8-13,17,25H,6-7,14-16,18-19H2,1-5H3,(H,31,35)/t25-/m1/s1. The first kappa shape index (κ1) is 28.7. The lowest BCUT2D eigenvalue weighted by Crippen LogP contribution is -2.31. The van der Waals surface area contributed by atoms with Gasteiger partial charge in [0.05, 0.1) is 20.3 Å². The Morgan fingerprint density at radius 1 is 1.08 bits per heavy atom. The summed E-state index contributed by atoms with van der Waals surface area (Å²) >= 11 is 1.60. The Labute approximate surface area is 235 Å². The van der Waals surface area contributed by atoms with Crippen LogP contribution in [0.25, 0.3) is 0 Å². The molecule has 1 fully saturated rings. The van der Waals surface area contributed by atoms with Crippen LogP contribution in [-0.4, -0.2) is 62.9 Å². The summed E-state index contributed by atoms with van der Waals surface area (Å²) in [5.41, 5.74) is 4.98. The minimum absolute atomic E-state index is 0.0667. The molecule has 1 atom stereocenters. The number of aromatic nitrogens is 2. The molecule has 1 aliphatic heterocycles. The monoisotopic (exact) mass is 550 g/mol. The third-order valence-corrected chi connectivity index (χ3v) is 7.91. The van der Waals surface area contributed by atoms with E-state index in [4.69, 9.17) is 24.2 Å². The van der Waals surface area contributed by atoms with E-state index < -0.39 is 0 Å². The summed E-state index contributed by atoms with van der Waals surface area (Å²) in [6, 6.07) is 13.7. The zero-order valence-electron chi connectivity index (χ0n) is 23.5. The highest BCUT2D eigenvalue weighted by atomic mass is 32.2. The molecule has 1 amide bonds. The number of hydrogen-bond acceptors (Lipinski definition) is 8. The van der Waals surface area contributed by atoms with Gasteiger partial charge in [-0.05, 0) is 68.5 Å². The molecule has 208 valence electrons. The lowest BCUT2D eigenvalue weighted by atomic mass is 10.1. The van der Waals surface area contributed by atoms with Crippen LogP contribution in [0.3, 0.4) is 0 Å². The van der Waals surface area contributed by atoms with Gasteiger partial charge in [0.15, 0.2) is 16.7 Å². The summed E-state index contributed by atoms with van der Waals surface area (Å²) in [6.45, 7) is 6.23. The first-order valence-electron chi connectivity index (χ1n) is 13.3. The second-order valence-corrected chi connectivity index (χ2v) is 10.7. The van der Waals surface area contributed by atoms with E-state index in [1.165, 1.54) is 5.56 Å². The van der Waals surface area contributed by atoms with Crippen LogP contribution in [0.5, 0.6) is 11.5 Å². The Balaban J connectivity index is 1.34. The van der Waals surface area contributed by atoms with E-state index >= 15 is 0 Å². The highest BCUT2D eigenvalue weighted by Crippen LogP contribution is 2.29. The van der Waals surface area contributed by atoms with Gasteiger partial charge in [-0.1, -0.05) is 30.0 Å². The summed E-state index contributed by atoms with van der Waals surface area (Å²) in [7, 11) is 5.36. The third kappa shape index (κ3) is 7.64. The number of carbonyl (C=O) groups excluding carboxylic acids is 1. The number of rotatable bonds is 12. The van der Waals surface area contributed by atoms with Crippen LogP contribution in [0.2, 0.25) is 0 Å². The summed E-state index contributed by atoms with van der Waals surface area (Å²) in [5.74, 6) is 3.05. The molecule has 8 nitrogen and oxygen atoms in total. The van der Waals surface area contributed by atoms with Gasteiger partial charge in [-0.25, -0.2) is 9.97 Å². The smallest absolute Gasteiger partial charge is 0.251 e. The van der Waals surface area contributed by atoms with Crippen molar-refractivity contribution in [3.8, 4) is 11.5 Å². The second kappa shape index (κ2) is 13.7. The first-order chi connectivity index (χ1) is 18.9. The molecule has 4 rings (SSSR count). The molecule has 39 heavy (non-hydrogen) atoms. The van der Waals surface area contributed by atoms with E-state index in [2.05, 4.69) is 30.3 Å². The largest absolute Gasteiger partial charge is 0.493 e. The average Bonchev–Trinajstić information content (AvgIpc) is 3.49. The van der Waals surface area contributed by atoms with E-state index in [1.54, 1.807) is 26.0 Å². The maximum atomic E-state index is 12.5.